The maximum Gasteiger partial charge on any atom is 0.273 e. The minimum atomic E-state index is 0.0990. The first-order chi connectivity index (χ1) is 10.3. The number of thiazole rings is 1. The van der Waals surface area contributed by atoms with Gasteiger partial charge >= 0.3 is 0 Å². The molecule has 1 amide bonds. The lowest BCUT2D eigenvalue weighted by Gasteiger charge is -2.32. The fraction of sp³-hybridized carbons (Fsp3) is 0.733. The third-order valence-corrected chi connectivity index (χ3v) is 5.08. The molecule has 1 unspecified atom stereocenters. The van der Waals surface area contributed by atoms with Gasteiger partial charge in [0.1, 0.15) is 5.69 Å². The normalized spacial score (nSPS) is 23.3. The highest BCUT2D eigenvalue weighted by Crippen LogP contribution is 2.15. The zero-order valence-electron chi connectivity index (χ0n) is 12.5. The van der Waals surface area contributed by atoms with E-state index < -0.39 is 0 Å². The van der Waals surface area contributed by atoms with E-state index in [0.717, 1.165) is 32.6 Å². The van der Waals surface area contributed by atoms with Gasteiger partial charge in [-0.1, -0.05) is 6.42 Å². The molecular weight excluding hydrogens is 284 g/mol. The fourth-order valence-corrected chi connectivity index (χ4v) is 3.78. The van der Waals surface area contributed by atoms with Gasteiger partial charge in [0, 0.05) is 31.1 Å². The summed E-state index contributed by atoms with van der Waals surface area (Å²) in [5.74, 6) is 0.0990. The molecule has 3 heterocycles. The monoisotopic (exact) mass is 308 g/mol. The van der Waals surface area contributed by atoms with E-state index in [0.29, 0.717) is 11.7 Å². The van der Waals surface area contributed by atoms with Gasteiger partial charge in [-0.3, -0.25) is 4.79 Å². The lowest BCUT2D eigenvalue weighted by Crippen LogP contribution is -2.46. The molecule has 5 nitrogen and oxygen atoms in total. The summed E-state index contributed by atoms with van der Waals surface area (Å²) in [6, 6.07) is 0.323. The highest BCUT2D eigenvalue weighted by Gasteiger charge is 2.28. The van der Waals surface area contributed by atoms with Gasteiger partial charge in [-0.05, 0) is 38.9 Å². The first-order valence-corrected chi connectivity index (χ1v) is 8.91. The summed E-state index contributed by atoms with van der Waals surface area (Å²) in [6.45, 7) is 6.10. The number of hydrogen-bond donors (Lipinski definition) is 1. The van der Waals surface area contributed by atoms with E-state index in [2.05, 4.69) is 15.2 Å². The van der Waals surface area contributed by atoms with Gasteiger partial charge < -0.3 is 15.1 Å². The van der Waals surface area contributed by atoms with E-state index in [9.17, 15) is 4.79 Å². The summed E-state index contributed by atoms with van der Waals surface area (Å²) in [4.78, 5) is 21.4. The van der Waals surface area contributed by atoms with Gasteiger partial charge in [0.15, 0.2) is 0 Å². The molecule has 2 aliphatic heterocycles. The van der Waals surface area contributed by atoms with Crippen molar-refractivity contribution in [2.45, 2.75) is 31.7 Å². The van der Waals surface area contributed by atoms with Gasteiger partial charge in [0.25, 0.3) is 5.91 Å². The van der Waals surface area contributed by atoms with E-state index in [1.54, 1.807) is 5.51 Å². The smallest absolute Gasteiger partial charge is 0.273 e. The number of likely N-dealkylation sites (tertiary alicyclic amines) is 1. The second kappa shape index (κ2) is 7.33. The summed E-state index contributed by atoms with van der Waals surface area (Å²) in [7, 11) is 0. The highest BCUT2D eigenvalue weighted by atomic mass is 32.1. The van der Waals surface area contributed by atoms with Crippen molar-refractivity contribution in [3.63, 3.8) is 0 Å². The average Bonchev–Trinajstić information content (AvgIpc) is 3.22. The number of amides is 1. The van der Waals surface area contributed by atoms with Crippen LogP contribution in [0.25, 0.3) is 0 Å². The Labute approximate surface area is 130 Å². The molecule has 3 rings (SSSR count). The molecule has 2 saturated heterocycles. The maximum atomic E-state index is 12.7. The molecule has 0 radical (unpaired) electrons. The van der Waals surface area contributed by atoms with Crippen molar-refractivity contribution in [1.82, 2.24) is 20.1 Å². The van der Waals surface area contributed by atoms with Crippen molar-refractivity contribution < 1.29 is 4.79 Å². The summed E-state index contributed by atoms with van der Waals surface area (Å²) < 4.78 is 0. The molecule has 0 aliphatic carbocycles. The van der Waals surface area contributed by atoms with Gasteiger partial charge in [-0.2, -0.15) is 0 Å². The molecule has 116 valence electrons. The SMILES string of the molecule is O=C(c1cscn1)N(CCN1CCCCC1)C1CCNC1. The van der Waals surface area contributed by atoms with Crippen LogP contribution in [-0.4, -0.2) is 66.0 Å². The summed E-state index contributed by atoms with van der Waals surface area (Å²) in [5, 5.41) is 5.23. The zero-order chi connectivity index (χ0) is 14.5. The first kappa shape index (κ1) is 14.9. The van der Waals surface area contributed by atoms with Crippen molar-refractivity contribution >= 4 is 17.2 Å². The Morgan fingerprint density at radius 2 is 2.29 bits per heavy atom. The van der Waals surface area contributed by atoms with Crippen LogP contribution in [0, 0.1) is 0 Å². The van der Waals surface area contributed by atoms with Crippen molar-refractivity contribution in [1.29, 1.82) is 0 Å². The Hall–Kier alpha value is -0.980. The topological polar surface area (TPSA) is 48.5 Å². The Morgan fingerprint density at radius 1 is 1.43 bits per heavy atom. The molecule has 6 heteroatoms. The minimum Gasteiger partial charge on any atom is -0.332 e. The standard InChI is InChI=1S/C15H24N4OS/c20-15(14-11-21-12-17-14)19(13-4-5-16-10-13)9-8-18-6-2-1-3-7-18/h11-13,16H,1-10H2. The second-order valence-corrected chi connectivity index (χ2v) is 6.64. The Balaban J connectivity index is 1.62. The number of piperidine rings is 1. The van der Waals surface area contributed by atoms with Gasteiger partial charge in [0.05, 0.1) is 5.51 Å². The highest BCUT2D eigenvalue weighted by molar-refractivity contribution is 7.07. The van der Waals surface area contributed by atoms with Crippen LogP contribution in [-0.2, 0) is 0 Å². The van der Waals surface area contributed by atoms with Crippen LogP contribution in [0.15, 0.2) is 10.9 Å². The molecule has 1 N–H and O–H groups in total. The molecule has 2 fully saturated rings. The Morgan fingerprint density at radius 3 is 2.95 bits per heavy atom. The number of carbonyl (C=O) groups excluding carboxylic acids is 1. The molecule has 2 aliphatic rings. The van der Waals surface area contributed by atoms with E-state index in [4.69, 9.17) is 0 Å². The molecule has 0 aromatic carbocycles. The number of nitrogens with one attached hydrogen (secondary N) is 1. The molecule has 1 aromatic rings. The van der Waals surface area contributed by atoms with E-state index in [-0.39, 0.29) is 5.91 Å². The third kappa shape index (κ3) is 3.81. The first-order valence-electron chi connectivity index (χ1n) is 7.97. The van der Waals surface area contributed by atoms with Crippen LogP contribution in [0.3, 0.4) is 0 Å². The lowest BCUT2D eigenvalue weighted by molar-refractivity contribution is 0.0654. The quantitative estimate of drug-likeness (QED) is 0.894. The van der Waals surface area contributed by atoms with Crippen LogP contribution < -0.4 is 5.32 Å². The fourth-order valence-electron chi connectivity index (χ4n) is 3.25. The predicted molar refractivity (Wildman–Crippen MR) is 84.7 cm³/mol. The molecule has 1 atom stereocenters. The lowest BCUT2D eigenvalue weighted by atomic mass is 10.1. The molecule has 0 saturated carbocycles. The van der Waals surface area contributed by atoms with Crippen LogP contribution in [0.2, 0.25) is 0 Å². The molecular formula is C15H24N4OS. The van der Waals surface area contributed by atoms with Gasteiger partial charge in [-0.15, -0.1) is 11.3 Å². The number of nitrogens with zero attached hydrogens (tertiary/aromatic N) is 3. The average molecular weight is 308 g/mol. The van der Waals surface area contributed by atoms with E-state index in [1.165, 1.54) is 43.7 Å². The van der Waals surface area contributed by atoms with Crippen molar-refractivity contribution in [2.75, 3.05) is 39.3 Å². The molecule has 0 spiro atoms. The van der Waals surface area contributed by atoms with Crippen LogP contribution in [0.4, 0.5) is 0 Å². The number of carbonyl (C=O) groups is 1. The summed E-state index contributed by atoms with van der Waals surface area (Å²) >= 11 is 1.49. The number of rotatable bonds is 5. The number of aromatic nitrogens is 1. The summed E-state index contributed by atoms with van der Waals surface area (Å²) in [6.07, 6.45) is 5.00. The largest absolute Gasteiger partial charge is 0.332 e. The van der Waals surface area contributed by atoms with E-state index in [1.807, 2.05) is 10.3 Å². The van der Waals surface area contributed by atoms with Crippen LogP contribution in [0.1, 0.15) is 36.2 Å². The van der Waals surface area contributed by atoms with E-state index >= 15 is 0 Å². The van der Waals surface area contributed by atoms with Crippen molar-refractivity contribution in [2.24, 2.45) is 0 Å². The molecule has 21 heavy (non-hydrogen) atoms. The second-order valence-electron chi connectivity index (χ2n) is 5.92. The minimum absolute atomic E-state index is 0.0990. The molecule has 1 aromatic heterocycles. The van der Waals surface area contributed by atoms with Crippen molar-refractivity contribution in [3.8, 4) is 0 Å². The molecule has 0 bridgehead atoms. The van der Waals surface area contributed by atoms with Crippen LogP contribution >= 0.6 is 11.3 Å². The predicted octanol–water partition coefficient (Wildman–Crippen LogP) is 1.43. The third-order valence-electron chi connectivity index (χ3n) is 4.49. The van der Waals surface area contributed by atoms with Crippen LogP contribution in [0.5, 0.6) is 0 Å². The summed E-state index contributed by atoms with van der Waals surface area (Å²) in [5.41, 5.74) is 2.34. The van der Waals surface area contributed by atoms with Crippen molar-refractivity contribution in [3.05, 3.63) is 16.6 Å². The maximum absolute atomic E-state index is 12.7. The van der Waals surface area contributed by atoms with Gasteiger partial charge in [0.2, 0.25) is 0 Å². The Kier molecular flexibility index (Phi) is 5.22. The number of hydrogen-bond acceptors (Lipinski definition) is 5. The Bertz CT molecular complexity index is 439. The zero-order valence-corrected chi connectivity index (χ0v) is 13.3. The van der Waals surface area contributed by atoms with Gasteiger partial charge in [-0.25, -0.2) is 4.98 Å².